The number of unbranched alkanes of at least 4 members (excludes halogenated alkanes) is 8. The minimum Gasteiger partial charge on any atom is -0.466 e. The highest BCUT2D eigenvalue weighted by molar-refractivity contribution is 6.60. The largest absolute Gasteiger partial charge is 0.500 e. The molecule has 0 radical (unpaired) electrons. The van der Waals surface area contributed by atoms with Crippen LogP contribution in [0.3, 0.4) is 0 Å². The highest BCUT2D eigenvalue weighted by Gasteiger charge is 2.39. The van der Waals surface area contributed by atoms with Crippen molar-refractivity contribution in [2.24, 2.45) is 0 Å². The molecule has 0 atom stereocenters. The summed E-state index contributed by atoms with van der Waals surface area (Å²) in [5.74, 6) is -0.646. The molecular formula is C26H50O8Si. The number of carbonyl (C=O) groups excluding carboxylic acids is 2. The molecule has 35 heavy (non-hydrogen) atoms. The first kappa shape index (κ1) is 33.7. The van der Waals surface area contributed by atoms with Crippen molar-refractivity contribution in [2.75, 3.05) is 46.2 Å². The first-order valence-corrected chi connectivity index (χ1v) is 15.4. The topological polar surface area (TPSA) is 89.5 Å². The van der Waals surface area contributed by atoms with Crippen molar-refractivity contribution < 1.29 is 37.1 Å². The summed E-state index contributed by atoms with van der Waals surface area (Å²) in [4.78, 5) is 22.6. The average molecular weight is 519 g/mol. The third-order valence-corrected chi connectivity index (χ3v) is 8.44. The van der Waals surface area contributed by atoms with Crippen LogP contribution in [0.25, 0.3) is 0 Å². The Morgan fingerprint density at radius 3 is 1.74 bits per heavy atom. The highest BCUT2D eigenvalue weighted by atomic mass is 28.4. The molecule has 0 saturated heterocycles. The van der Waals surface area contributed by atoms with E-state index in [0.717, 1.165) is 31.4 Å². The van der Waals surface area contributed by atoms with E-state index in [1.54, 1.807) is 0 Å². The highest BCUT2D eigenvalue weighted by Crippen LogP contribution is 2.21. The maximum atomic E-state index is 11.7. The molecule has 0 fully saturated rings. The summed E-state index contributed by atoms with van der Waals surface area (Å²) in [6.45, 7) is 12.6. The van der Waals surface area contributed by atoms with Crippen LogP contribution in [0, 0.1) is 0 Å². The average Bonchev–Trinajstić information content (AvgIpc) is 2.84. The van der Waals surface area contributed by atoms with Crippen molar-refractivity contribution in [1.29, 1.82) is 0 Å². The van der Waals surface area contributed by atoms with E-state index >= 15 is 0 Å². The van der Waals surface area contributed by atoms with Gasteiger partial charge in [0.25, 0.3) is 0 Å². The minimum absolute atomic E-state index is 0.184. The van der Waals surface area contributed by atoms with Gasteiger partial charge in [-0.3, -0.25) is 4.79 Å². The SMILES string of the molecule is C=CC(=O)OCCOCCCC(=O)OCCCCCCCCCCC[Si](OCC)(OCC)OCC. The van der Waals surface area contributed by atoms with Crippen LogP contribution in [0.1, 0.15) is 91.4 Å². The van der Waals surface area contributed by atoms with E-state index in [1.165, 1.54) is 38.5 Å². The number of carbonyl (C=O) groups is 2. The lowest BCUT2D eigenvalue weighted by molar-refractivity contribution is -0.144. The first-order valence-electron chi connectivity index (χ1n) is 13.5. The summed E-state index contributed by atoms with van der Waals surface area (Å²) in [6, 6.07) is 0.904. The summed E-state index contributed by atoms with van der Waals surface area (Å²) in [5.41, 5.74) is 0. The Labute approximate surface area is 214 Å². The standard InChI is InChI=1S/C26H50O8Si/c1-5-25(27)31-23-22-29-20-18-19-26(28)30-21-16-14-12-10-9-11-13-15-17-24-35(32-6-2,33-7-3)34-8-4/h5H,1,6-24H2,2-4H3. The molecule has 0 aromatic heterocycles. The van der Waals surface area contributed by atoms with E-state index in [9.17, 15) is 9.59 Å². The molecule has 0 amide bonds. The fourth-order valence-corrected chi connectivity index (χ4v) is 6.31. The van der Waals surface area contributed by atoms with Crippen LogP contribution in [0.15, 0.2) is 12.7 Å². The number of rotatable bonds is 26. The molecule has 0 aliphatic carbocycles. The molecule has 0 aromatic carbocycles. The quantitative estimate of drug-likeness (QED) is 0.0631. The smallest absolute Gasteiger partial charge is 0.466 e. The molecule has 0 saturated carbocycles. The van der Waals surface area contributed by atoms with Gasteiger partial charge in [-0.25, -0.2) is 4.79 Å². The summed E-state index contributed by atoms with van der Waals surface area (Å²) in [5, 5.41) is 0. The Morgan fingerprint density at radius 1 is 0.657 bits per heavy atom. The van der Waals surface area contributed by atoms with Crippen molar-refractivity contribution in [3.05, 3.63) is 12.7 Å². The number of hydrogen-bond acceptors (Lipinski definition) is 8. The van der Waals surface area contributed by atoms with Crippen LogP contribution in [-0.4, -0.2) is 67.0 Å². The lowest BCUT2D eigenvalue weighted by Gasteiger charge is -2.28. The molecule has 0 heterocycles. The van der Waals surface area contributed by atoms with Crippen molar-refractivity contribution in [3.8, 4) is 0 Å². The first-order chi connectivity index (χ1) is 17.0. The van der Waals surface area contributed by atoms with Gasteiger partial charge in [-0.1, -0.05) is 51.5 Å². The summed E-state index contributed by atoms with van der Waals surface area (Å²) >= 11 is 0. The molecule has 0 unspecified atom stereocenters. The van der Waals surface area contributed by atoms with Crippen molar-refractivity contribution >= 4 is 20.7 Å². The maximum Gasteiger partial charge on any atom is 0.500 e. The van der Waals surface area contributed by atoms with E-state index in [4.69, 9.17) is 27.5 Å². The van der Waals surface area contributed by atoms with Gasteiger partial charge in [-0.05, 0) is 40.0 Å². The van der Waals surface area contributed by atoms with Crippen LogP contribution < -0.4 is 0 Å². The summed E-state index contributed by atoms with van der Waals surface area (Å²) in [6.07, 6.45) is 12.5. The van der Waals surface area contributed by atoms with E-state index < -0.39 is 14.8 Å². The van der Waals surface area contributed by atoms with Gasteiger partial charge in [-0.2, -0.15) is 0 Å². The van der Waals surface area contributed by atoms with Gasteiger partial charge >= 0.3 is 20.7 Å². The normalized spacial score (nSPS) is 11.4. The molecule has 8 nitrogen and oxygen atoms in total. The Bertz CT molecular complexity index is 512. The lowest BCUT2D eigenvalue weighted by Crippen LogP contribution is -2.45. The van der Waals surface area contributed by atoms with Crippen LogP contribution in [0.2, 0.25) is 6.04 Å². The van der Waals surface area contributed by atoms with Gasteiger partial charge in [0.1, 0.15) is 6.61 Å². The zero-order chi connectivity index (χ0) is 26.0. The third-order valence-electron chi connectivity index (χ3n) is 5.29. The van der Waals surface area contributed by atoms with Crippen molar-refractivity contribution in [2.45, 2.75) is 97.4 Å². The minimum atomic E-state index is -2.48. The Morgan fingerprint density at radius 2 is 1.20 bits per heavy atom. The van der Waals surface area contributed by atoms with Gasteiger partial charge in [0, 0.05) is 45.0 Å². The van der Waals surface area contributed by atoms with Gasteiger partial charge in [0.15, 0.2) is 0 Å². The van der Waals surface area contributed by atoms with Crippen LogP contribution in [0.5, 0.6) is 0 Å². The predicted octanol–water partition coefficient (Wildman–Crippen LogP) is 5.61. The maximum absolute atomic E-state index is 11.7. The molecule has 0 spiro atoms. The monoisotopic (exact) mass is 518 g/mol. The van der Waals surface area contributed by atoms with Crippen LogP contribution in [-0.2, 0) is 37.1 Å². The van der Waals surface area contributed by atoms with E-state index in [-0.39, 0.29) is 12.6 Å². The molecule has 0 N–H and O–H groups in total. The Hall–Kier alpha value is -1.26. The second-order valence-corrected chi connectivity index (χ2v) is 11.0. The molecule has 206 valence electrons. The third kappa shape index (κ3) is 20.6. The molecule has 0 aliphatic heterocycles. The fourth-order valence-electron chi connectivity index (χ4n) is 3.62. The number of ether oxygens (including phenoxy) is 3. The zero-order valence-electron chi connectivity index (χ0n) is 22.5. The van der Waals surface area contributed by atoms with Gasteiger partial charge in [0.2, 0.25) is 0 Å². The number of hydrogen-bond donors (Lipinski definition) is 0. The van der Waals surface area contributed by atoms with E-state index in [0.29, 0.717) is 52.5 Å². The van der Waals surface area contributed by atoms with E-state index in [1.807, 2.05) is 20.8 Å². The van der Waals surface area contributed by atoms with Crippen LogP contribution in [0.4, 0.5) is 0 Å². The Balaban J connectivity index is 3.50. The summed E-state index contributed by atoms with van der Waals surface area (Å²) < 4.78 is 33.1. The van der Waals surface area contributed by atoms with Crippen molar-refractivity contribution in [1.82, 2.24) is 0 Å². The zero-order valence-corrected chi connectivity index (χ0v) is 23.5. The van der Waals surface area contributed by atoms with E-state index in [2.05, 4.69) is 6.58 Å². The van der Waals surface area contributed by atoms with Gasteiger partial charge in [0.05, 0.1) is 13.2 Å². The molecule has 9 heteroatoms. The second kappa shape index (κ2) is 24.4. The lowest BCUT2D eigenvalue weighted by atomic mass is 10.1. The van der Waals surface area contributed by atoms with Gasteiger partial charge in [-0.15, -0.1) is 0 Å². The predicted molar refractivity (Wildman–Crippen MR) is 139 cm³/mol. The Kier molecular flexibility index (Phi) is 23.6. The van der Waals surface area contributed by atoms with Crippen molar-refractivity contribution in [3.63, 3.8) is 0 Å². The fraction of sp³-hybridized carbons (Fsp3) is 0.846. The van der Waals surface area contributed by atoms with Gasteiger partial charge < -0.3 is 27.5 Å². The molecule has 0 rings (SSSR count). The van der Waals surface area contributed by atoms with Crippen LogP contribution >= 0.6 is 0 Å². The molecule has 0 bridgehead atoms. The molecule has 0 aliphatic rings. The summed E-state index contributed by atoms with van der Waals surface area (Å²) in [7, 11) is -2.48. The molecular weight excluding hydrogens is 468 g/mol. The molecule has 0 aromatic rings. The number of esters is 2. The second-order valence-electron chi connectivity index (χ2n) is 8.22.